The summed E-state index contributed by atoms with van der Waals surface area (Å²) in [6, 6.07) is 4.71. The number of methoxy groups -OCH3 is 2. The van der Waals surface area contributed by atoms with E-state index in [-0.39, 0.29) is 24.8 Å². The van der Waals surface area contributed by atoms with Crippen LogP contribution in [0.3, 0.4) is 0 Å². The number of halogens is 3. The van der Waals surface area contributed by atoms with Crippen molar-refractivity contribution in [2.45, 2.75) is 38.1 Å². The number of ether oxygens (including phenoxy) is 2. The Labute approximate surface area is 178 Å². The van der Waals surface area contributed by atoms with E-state index < -0.39 is 0 Å². The summed E-state index contributed by atoms with van der Waals surface area (Å²) < 4.78 is 12.2. The molecule has 0 spiro atoms. The molecule has 3 rings (SSSR count). The molecule has 0 aromatic heterocycles. The van der Waals surface area contributed by atoms with Crippen molar-refractivity contribution in [3.8, 4) is 11.5 Å². The van der Waals surface area contributed by atoms with E-state index >= 15 is 0 Å². The Morgan fingerprint density at radius 1 is 1.00 bits per heavy atom. The van der Waals surface area contributed by atoms with Crippen molar-refractivity contribution in [3.05, 3.63) is 22.2 Å². The first-order chi connectivity index (χ1) is 11.7. The van der Waals surface area contributed by atoms with Gasteiger partial charge in [-0.15, -0.1) is 24.8 Å². The van der Waals surface area contributed by atoms with E-state index in [9.17, 15) is 0 Å². The lowest BCUT2D eigenvalue weighted by molar-refractivity contribution is 0.103. The maximum atomic E-state index is 5.58. The SMILES string of the molecule is COc1cc(Br)c([C@H](C2CCCCC2)N2CCNCC2)cc1OC.Cl.Cl. The van der Waals surface area contributed by atoms with Crippen LogP contribution in [-0.2, 0) is 0 Å². The van der Waals surface area contributed by atoms with Crippen LogP contribution in [0.25, 0.3) is 0 Å². The van der Waals surface area contributed by atoms with Crippen LogP contribution in [0.15, 0.2) is 16.6 Å². The van der Waals surface area contributed by atoms with E-state index in [2.05, 4.69) is 38.3 Å². The van der Waals surface area contributed by atoms with Gasteiger partial charge in [0.2, 0.25) is 0 Å². The number of rotatable bonds is 5. The molecule has 1 heterocycles. The van der Waals surface area contributed by atoms with E-state index in [4.69, 9.17) is 9.47 Å². The predicted octanol–water partition coefficient (Wildman–Crippen LogP) is 4.84. The quantitative estimate of drug-likeness (QED) is 0.669. The number of piperazine rings is 1. The van der Waals surface area contributed by atoms with Crippen LogP contribution in [0.4, 0.5) is 0 Å². The molecule has 1 saturated heterocycles. The molecule has 4 nitrogen and oxygen atoms in total. The molecule has 1 aliphatic carbocycles. The third-order valence-electron chi connectivity index (χ3n) is 5.46. The third kappa shape index (κ3) is 5.41. The average Bonchev–Trinajstić information content (AvgIpc) is 2.64. The van der Waals surface area contributed by atoms with Gasteiger partial charge in [-0.3, -0.25) is 4.90 Å². The molecule has 0 unspecified atom stereocenters. The van der Waals surface area contributed by atoms with Gasteiger partial charge in [-0.2, -0.15) is 0 Å². The van der Waals surface area contributed by atoms with Crippen molar-refractivity contribution in [2.24, 2.45) is 5.92 Å². The summed E-state index contributed by atoms with van der Waals surface area (Å²) in [7, 11) is 3.41. The van der Waals surface area contributed by atoms with Crippen LogP contribution >= 0.6 is 40.7 Å². The summed E-state index contributed by atoms with van der Waals surface area (Å²) in [5.74, 6) is 2.34. The van der Waals surface area contributed by atoms with Gasteiger partial charge in [0.05, 0.1) is 14.2 Å². The second-order valence-corrected chi connectivity index (χ2v) is 7.71. The number of nitrogens with one attached hydrogen (secondary N) is 1. The van der Waals surface area contributed by atoms with Crippen LogP contribution in [0.1, 0.15) is 43.7 Å². The van der Waals surface area contributed by atoms with Crippen molar-refractivity contribution >= 4 is 40.7 Å². The Kier molecular flexibility index (Phi) is 10.6. The smallest absolute Gasteiger partial charge is 0.161 e. The standard InChI is InChI=1S/C19H29BrN2O2.2ClH/c1-23-17-12-15(16(20)13-18(17)24-2)19(14-6-4-3-5-7-14)22-10-8-21-9-11-22;;/h12-14,19,21H,3-11H2,1-2H3;2*1H/t19-;;/m0../s1. The highest BCUT2D eigenvalue weighted by molar-refractivity contribution is 9.10. The zero-order chi connectivity index (χ0) is 16.9. The van der Waals surface area contributed by atoms with Crippen molar-refractivity contribution in [1.82, 2.24) is 10.2 Å². The van der Waals surface area contributed by atoms with Crippen molar-refractivity contribution in [3.63, 3.8) is 0 Å². The molecule has 7 heteroatoms. The molecule has 0 amide bonds. The Hall–Kier alpha value is -0.200. The molecule has 0 radical (unpaired) electrons. The van der Waals surface area contributed by atoms with E-state index in [1.165, 1.54) is 37.7 Å². The van der Waals surface area contributed by atoms with Gasteiger partial charge in [0.15, 0.2) is 11.5 Å². The maximum Gasteiger partial charge on any atom is 0.161 e. The minimum atomic E-state index is 0. The Balaban J connectivity index is 0.00000169. The molecular formula is C19H31BrCl2N2O2. The van der Waals surface area contributed by atoms with E-state index in [0.29, 0.717) is 6.04 Å². The largest absolute Gasteiger partial charge is 0.493 e. The van der Waals surface area contributed by atoms with E-state index in [0.717, 1.165) is 48.1 Å². The second-order valence-electron chi connectivity index (χ2n) is 6.86. The number of hydrogen-bond acceptors (Lipinski definition) is 4. The highest BCUT2D eigenvalue weighted by atomic mass is 79.9. The molecule has 1 aromatic carbocycles. The minimum Gasteiger partial charge on any atom is -0.493 e. The van der Waals surface area contributed by atoms with Crippen LogP contribution < -0.4 is 14.8 Å². The van der Waals surface area contributed by atoms with Crippen molar-refractivity contribution in [2.75, 3.05) is 40.4 Å². The zero-order valence-corrected chi connectivity index (χ0v) is 18.9. The van der Waals surface area contributed by atoms with E-state index in [1.54, 1.807) is 14.2 Å². The van der Waals surface area contributed by atoms with Gasteiger partial charge in [0.1, 0.15) is 0 Å². The van der Waals surface area contributed by atoms with Gasteiger partial charge in [-0.25, -0.2) is 0 Å². The topological polar surface area (TPSA) is 33.7 Å². The summed E-state index contributed by atoms with van der Waals surface area (Å²) in [5, 5.41) is 3.48. The summed E-state index contributed by atoms with van der Waals surface area (Å²) in [6.45, 7) is 4.38. The molecule has 1 N–H and O–H groups in total. The summed E-state index contributed by atoms with van der Waals surface area (Å²) in [6.07, 6.45) is 6.76. The second kappa shape index (κ2) is 11.6. The van der Waals surface area contributed by atoms with Gasteiger partial charge in [0.25, 0.3) is 0 Å². The summed E-state index contributed by atoms with van der Waals surface area (Å²) in [5.41, 5.74) is 1.35. The van der Waals surface area contributed by atoms with Crippen molar-refractivity contribution in [1.29, 1.82) is 0 Å². The van der Waals surface area contributed by atoms with Gasteiger partial charge in [-0.1, -0.05) is 35.2 Å². The molecule has 1 aromatic rings. The lowest BCUT2D eigenvalue weighted by Gasteiger charge is -2.41. The molecule has 0 bridgehead atoms. The van der Waals surface area contributed by atoms with Crippen LogP contribution in [0, 0.1) is 5.92 Å². The van der Waals surface area contributed by atoms with Crippen LogP contribution in [0.5, 0.6) is 11.5 Å². The van der Waals surface area contributed by atoms with E-state index in [1.807, 2.05) is 0 Å². The molecule has 1 atom stereocenters. The third-order valence-corrected chi connectivity index (χ3v) is 6.15. The Morgan fingerprint density at radius 3 is 2.15 bits per heavy atom. The fraction of sp³-hybridized carbons (Fsp3) is 0.684. The molecule has 2 fully saturated rings. The van der Waals surface area contributed by atoms with Gasteiger partial charge >= 0.3 is 0 Å². The number of nitrogens with zero attached hydrogens (tertiary/aromatic N) is 1. The van der Waals surface area contributed by atoms with Gasteiger partial charge < -0.3 is 14.8 Å². The highest BCUT2D eigenvalue weighted by Gasteiger charge is 2.32. The number of benzene rings is 1. The Bertz CT molecular complexity index is 533. The number of hydrogen-bond donors (Lipinski definition) is 1. The first-order valence-corrected chi connectivity index (χ1v) is 9.90. The first-order valence-electron chi connectivity index (χ1n) is 9.10. The summed E-state index contributed by atoms with van der Waals surface area (Å²) in [4.78, 5) is 2.67. The van der Waals surface area contributed by atoms with Gasteiger partial charge in [0, 0.05) is 36.7 Å². The average molecular weight is 470 g/mol. The van der Waals surface area contributed by atoms with Crippen LogP contribution in [0.2, 0.25) is 0 Å². The predicted molar refractivity (Wildman–Crippen MR) is 116 cm³/mol. The molecule has 2 aliphatic rings. The lowest BCUT2D eigenvalue weighted by Crippen LogP contribution is -2.47. The zero-order valence-electron chi connectivity index (χ0n) is 15.6. The first kappa shape index (κ1) is 23.8. The summed E-state index contributed by atoms with van der Waals surface area (Å²) >= 11 is 3.81. The Morgan fingerprint density at radius 2 is 1.58 bits per heavy atom. The lowest BCUT2D eigenvalue weighted by atomic mass is 9.80. The normalized spacial score (nSPS) is 19.8. The minimum absolute atomic E-state index is 0. The molecule has 26 heavy (non-hydrogen) atoms. The van der Waals surface area contributed by atoms with Crippen molar-refractivity contribution < 1.29 is 9.47 Å². The monoisotopic (exact) mass is 468 g/mol. The molecule has 1 saturated carbocycles. The highest BCUT2D eigenvalue weighted by Crippen LogP contribution is 2.44. The van der Waals surface area contributed by atoms with Crippen LogP contribution in [-0.4, -0.2) is 45.3 Å². The molecule has 150 valence electrons. The molecular weight excluding hydrogens is 439 g/mol. The fourth-order valence-corrected chi connectivity index (χ4v) is 4.81. The van der Waals surface area contributed by atoms with Gasteiger partial charge in [-0.05, 0) is 36.5 Å². The molecule has 1 aliphatic heterocycles. The fourth-order valence-electron chi connectivity index (χ4n) is 4.26. The maximum absolute atomic E-state index is 5.58.